The Hall–Kier alpha value is -1.44. The third kappa shape index (κ3) is 6.30. The van der Waals surface area contributed by atoms with Crippen LogP contribution in [0.25, 0.3) is 0 Å². The van der Waals surface area contributed by atoms with Gasteiger partial charge in [0.2, 0.25) is 0 Å². The molecule has 0 aliphatic heterocycles. The molecule has 0 saturated carbocycles. The summed E-state index contributed by atoms with van der Waals surface area (Å²) in [5.41, 5.74) is 2.19. The molecule has 1 atom stereocenters. The van der Waals surface area contributed by atoms with E-state index in [1.165, 1.54) is 17.7 Å². The van der Waals surface area contributed by atoms with Crippen molar-refractivity contribution in [2.75, 3.05) is 6.54 Å². The minimum Gasteiger partial charge on any atom is -0.486 e. The topological polar surface area (TPSA) is 21.3 Å². The zero-order valence-electron chi connectivity index (χ0n) is 14.7. The molecule has 1 unspecified atom stereocenters. The van der Waals surface area contributed by atoms with Gasteiger partial charge in [-0.25, -0.2) is 4.39 Å². The number of nitrogens with one attached hydrogen (secondary N) is 1. The number of halogens is 3. The van der Waals surface area contributed by atoms with Crippen LogP contribution in [0.2, 0.25) is 0 Å². The van der Waals surface area contributed by atoms with Crippen LogP contribution in [0.15, 0.2) is 77.3 Å². The van der Waals surface area contributed by atoms with E-state index in [1.54, 1.807) is 6.07 Å². The smallest absolute Gasteiger partial charge is 0.126 e. The molecule has 0 aromatic heterocycles. The molecule has 27 heavy (non-hydrogen) atoms. The molecular weight excluding hydrogens is 520 g/mol. The van der Waals surface area contributed by atoms with Gasteiger partial charge in [0.25, 0.3) is 0 Å². The molecule has 1 N–H and O–H groups in total. The molecule has 0 fully saturated rings. The first-order valence-corrected chi connectivity index (χ1v) is 10.6. The lowest BCUT2D eigenvalue weighted by molar-refractivity contribution is 0.193. The first kappa shape index (κ1) is 20.3. The van der Waals surface area contributed by atoms with E-state index in [1.807, 2.05) is 42.5 Å². The van der Waals surface area contributed by atoms with Gasteiger partial charge in [-0.3, -0.25) is 0 Å². The Balaban J connectivity index is 1.69. The van der Waals surface area contributed by atoms with Gasteiger partial charge >= 0.3 is 0 Å². The zero-order chi connectivity index (χ0) is 19.1. The molecule has 0 saturated heterocycles. The fraction of sp³-hybridized carbons (Fsp3) is 0.182. The fourth-order valence-corrected chi connectivity index (χ4v) is 3.93. The van der Waals surface area contributed by atoms with Crippen molar-refractivity contribution in [3.05, 3.63) is 97.8 Å². The maximum atomic E-state index is 13.5. The molecule has 3 rings (SSSR count). The second-order valence-electron chi connectivity index (χ2n) is 6.18. The average Bonchev–Trinajstić information content (AvgIpc) is 2.65. The van der Waals surface area contributed by atoms with Crippen molar-refractivity contribution < 1.29 is 9.13 Å². The number of benzene rings is 3. The number of ether oxygens (including phenoxy) is 1. The summed E-state index contributed by atoms with van der Waals surface area (Å²) in [6, 6.07) is 23.0. The number of hydrogen-bond acceptors (Lipinski definition) is 2. The lowest BCUT2D eigenvalue weighted by Crippen LogP contribution is -2.20. The largest absolute Gasteiger partial charge is 0.486 e. The second-order valence-corrected chi connectivity index (χ2v) is 8.28. The zero-order valence-corrected chi connectivity index (χ0v) is 18.4. The van der Waals surface area contributed by atoms with Gasteiger partial charge < -0.3 is 10.1 Å². The van der Waals surface area contributed by atoms with Crippen LogP contribution in [-0.4, -0.2) is 6.54 Å². The van der Waals surface area contributed by atoms with Crippen LogP contribution >= 0.6 is 38.5 Å². The van der Waals surface area contributed by atoms with Crippen molar-refractivity contribution in [1.29, 1.82) is 0 Å². The van der Waals surface area contributed by atoms with E-state index in [9.17, 15) is 4.39 Å². The van der Waals surface area contributed by atoms with Crippen molar-refractivity contribution in [3.63, 3.8) is 0 Å². The molecule has 3 aromatic carbocycles. The Morgan fingerprint density at radius 1 is 1.00 bits per heavy atom. The first-order valence-electron chi connectivity index (χ1n) is 8.73. The Morgan fingerprint density at radius 2 is 1.81 bits per heavy atom. The van der Waals surface area contributed by atoms with Gasteiger partial charge in [-0.15, -0.1) is 0 Å². The Bertz CT molecular complexity index is 875. The molecule has 0 radical (unpaired) electrons. The molecular formula is C22H20BrFINO. The summed E-state index contributed by atoms with van der Waals surface area (Å²) in [6.07, 6.45) is 0.587. The van der Waals surface area contributed by atoms with Crippen molar-refractivity contribution in [1.82, 2.24) is 5.32 Å². The quantitative estimate of drug-likeness (QED) is 0.261. The SMILES string of the molecule is Fc1ccc(C(CCNCc2ccccc2)Oc2cccc(I)c2)c(Br)c1. The van der Waals surface area contributed by atoms with Crippen LogP contribution < -0.4 is 10.1 Å². The molecule has 0 aliphatic carbocycles. The third-order valence-electron chi connectivity index (χ3n) is 4.14. The van der Waals surface area contributed by atoms with Crippen LogP contribution in [0.1, 0.15) is 23.7 Å². The van der Waals surface area contributed by atoms with Crippen LogP contribution in [0, 0.1) is 9.39 Å². The van der Waals surface area contributed by atoms with E-state index < -0.39 is 0 Å². The summed E-state index contributed by atoms with van der Waals surface area (Å²) in [6.45, 7) is 1.59. The highest BCUT2D eigenvalue weighted by molar-refractivity contribution is 14.1. The Kier molecular flexibility index (Phi) is 7.67. The van der Waals surface area contributed by atoms with Crippen molar-refractivity contribution in [2.24, 2.45) is 0 Å². The molecule has 0 spiro atoms. The number of hydrogen-bond donors (Lipinski definition) is 1. The molecule has 5 heteroatoms. The normalized spacial score (nSPS) is 12.0. The van der Waals surface area contributed by atoms with Crippen molar-refractivity contribution in [3.8, 4) is 5.75 Å². The standard InChI is InChI=1S/C22H20BrFINO/c23-21-13-17(24)9-10-20(21)22(27-19-8-4-7-18(25)14-19)11-12-26-15-16-5-2-1-3-6-16/h1-10,13-14,22,26H,11-12,15H2. The molecule has 0 bridgehead atoms. The van der Waals surface area contributed by atoms with Gasteiger partial charge in [-0.05, 0) is 65.0 Å². The lowest BCUT2D eigenvalue weighted by atomic mass is 10.1. The number of rotatable bonds is 8. The van der Waals surface area contributed by atoms with E-state index >= 15 is 0 Å². The monoisotopic (exact) mass is 539 g/mol. The van der Waals surface area contributed by atoms with Gasteiger partial charge in [0.15, 0.2) is 0 Å². The van der Waals surface area contributed by atoms with E-state index in [0.29, 0.717) is 0 Å². The minimum atomic E-state index is -0.263. The Labute approximate surface area is 181 Å². The van der Waals surface area contributed by atoms with Crippen LogP contribution in [0.3, 0.4) is 0 Å². The second kappa shape index (κ2) is 10.2. The van der Waals surface area contributed by atoms with Gasteiger partial charge in [-0.2, -0.15) is 0 Å². The van der Waals surface area contributed by atoms with E-state index in [-0.39, 0.29) is 11.9 Å². The first-order chi connectivity index (χ1) is 13.1. The lowest BCUT2D eigenvalue weighted by Gasteiger charge is -2.21. The van der Waals surface area contributed by atoms with Crippen LogP contribution in [0.5, 0.6) is 5.75 Å². The highest BCUT2D eigenvalue weighted by Crippen LogP contribution is 2.31. The van der Waals surface area contributed by atoms with E-state index in [4.69, 9.17) is 4.74 Å². The summed E-state index contributed by atoms with van der Waals surface area (Å²) in [4.78, 5) is 0. The van der Waals surface area contributed by atoms with Gasteiger partial charge in [0.1, 0.15) is 17.7 Å². The molecule has 3 aromatic rings. The third-order valence-corrected chi connectivity index (χ3v) is 5.50. The van der Waals surface area contributed by atoms with Gasteiger partial charge in [0, 0.05) is 26.6 Å². The minimum absolute atomic E-state index is 0.179. The van der Waals surface area contributed by atoms with Crippen LogP contribution in [0.4, 0.5) is 4.39 Å². The van der Waals surface area contributed by atoms with Crippen molar-refractivity contribution in [2.45, 2.75) is 19.1 Å². The maximum Gasteiger partial charge on any atom is 0.126 e. The highest BCUT2D eigenvalue weighted by Gasteiger charge is 2.17. The molecule has 0 amide bonds. The summed E-state index contributed by atoms with van der Waals surface area (Å²) in [5, 5.41) is 3.46. The van der Waals surface area contributed by atoms with Crippen molar-refractivity contribution >= 4 is 38.5 Å². The Morgan fingerprint density at radius 3 is 2.56 bits per heavy atom. The predicted molar refractivity (Wildman–Crippen MR) is 119 cm³/mol. The fourth-order valence-electron chi connectivity index (χ4n) is 2.81. The predicted octanol–water partition coefficient (Wildman–Crippen LogP) is 6.49. The van der Waals surface area contributed by atoms with Gasteiger partial charge in [0.05, 0.1) is 0 Å². The summed E-state index contributed by atoms with van der Waals surface area (Å²) in [7, 11) is 0. The van der Waals surface area contributed by atoms with E-state index in [2.05, 4.69) is 56.0 Å². The molecule has 0 heterocycles. The summed E-state index contributed by atoms with van der Waals surface area (Å²) in [5.74, 6) is 0.548. The van der Waals surface area contributed by atoms with Gasteiger partial charge in [-0.1, -0.05) is 58.4 Å². The highest BCUT2D eigenvalue weighted by atomic mass is 127. The maximum absolute atomic E-state index is 13.5. The molecule has 2 nitrogen and oxygen atoms in total. The van der Waals surface area contributed by atoms with E-state index in [0.717, 1.165) is 38.9 Å². The summed E-state index contributed by atoms with van der Waals surface area (Å²) < 4.78 is 21.6. The van der Waals surface area contributed by atoms with Crippen LogP contribution in [-0.2, 0) is 6.54 Å². The summed E-state index contributed by atoms with van der Waals surface area (Å²) >= 11 is 5.75. The average molecular weight is 540 g/mol. The molecule has 0 aliphatic rings. The molecule has 140 valence electrons.